The Morgan fingerprint density at radius 3 is 2.87 bits per heavy atom. The molecule has 0 saturated heterocycles. The van der Waals surface area contributed by atoms with Gasteiger partial charge in [-0.05, 0) is 49.4 Å². The minimum absolute atomic E-state index is 0.181. The number of rotatable bonds is 4. The Balaban J connectivity index is 1.89. The first-order chi connectivity index (χ1) is 7.16. The van der Waals surface area contributed by atoms with Crippen molar-refractivity contribution >= 4 is 11.6 Å². The lowest BCUT2D eigenvalue weighted by Gasteiger charge is -2.12. The monoisotopic (exact) mass is 225 g/mol. The summed E-state index contributed by atoms with van der Waals surface area (Å²) in [7, 11) is 0. The number of benzene rings is 1. The van der Waals surface area contributed by atoms with E-state index in [-0.39, 0.29) is 6.04 Å². The first-order valence-corrected chi connectivity index (χ1v) is 5.69. The third kappa shape index (κ3) is 2.86. The fraction of sp³-hybridized carbons (Fsp3) is 0.500. The van der Waals surface area contributed by atoms with Gasteiger partial charge in [-0.3, -0.25) is 0 Å². The fourth-order valence-electron chi connectivity index (χ4n) is 1.56. The molecule has 1 aliphatic rings. The third-order valence-electron chi connectivity index (χ3n) is 2.80. The molecule has 2 N–H and O–H groups in total. The molecule has 2 rings (SSSR count). The molecule has 1 aliphatic carbocycles. The topological polar surface area (TPSA) is 35.2 Å². The summed E-state index contributed by atoms with van der Waals surface area (Å²) in [5, 5.41) is 0.772. The Labute approximate surface area is 95.4 Å². The van der Waals surface area contributed by atoms with Crippen LogP contribution in [0.25, 0.3) is 0 Å². The molecule has 1 atom stereocenters. The van der Waals surface area contributed by atoms with E-state index in [1.54, 1.807) is 0 Å². The SMILES string of the molecule is Cc1cc(OC[C@H](N)C2CC2)ccc1Cl. The van der Waals surface area contributed by atoms with Crippen LogP contribution in [0.5, 0.6) is 5.75 Å². The molecule has 15 heavy (non-hydrogen) atoms. The molecular weight excluding hydrogens is 210 g/mol. The predicted octanol–water partition coefficient (Wildman–Crippen LogP) is 2.76. The van der Waals surface area contributed by atoms with Crippen molar-refractivity contribution in [2.45, 2.75) is 25.8 Å². The molecule has 1 saturated carbocycles. The molecule has 1 aromatic carbocycles. The standard InChI is InChI=1S/C12H16ClNO/c1-8-6-10(4-5-11(8)13)15-7-12(14)9-2-3-9/h4-6,9,12H,2-3,7,14H2,1H3/t12-/m0/s1. The van der Waals surface area contributed by atoms with Crippen molar-refractivity contribution in [3.8, 4) is 5.75 Å². The van der Waals surface area contributed by atoms with Gasteiger partial charge in [0, 0.05) is 11.1 Å². The highest BCUT2D eigenvalue weighted by molar-refractivity contribution is 6.31. The lowest BCUT2D eigenvalue weighted by molar-refractivity contribution is 0.276. The van der Waals surface area contributed by atoms with Gasteiger partial charge in [0.25, 0.3) is 0 Å². The average molecular weight is 226 g/mol. The maximum absolute atomic E-state index is 5.94. The van der Waals surface area contributed by atoms with Crippen molar-refractivity contribution in [2.24, 2.45) is 11.7 Å². The van der Waals surface area contributed by atoms with E-state index in [9.17, 15) is 0 Å². The summed E-state index contributed by atoms with van der Waals surface area (Å²) in [5.41, 5.74) is 6.98. The molecule has 3 heteroatoms. The number of ether oxygens (including phenoxy) is 1. The van der Waals surface area contributed by atoms with Gasteiger partial charge in [0.15, 0.2) is 0 Å². The van der Waals surface area contributed by atoms with Gasteiger partial charge in [-0.1, -0.05) is 11.6 Å². The Hall–Kier alpha value is -0.730. The number of hydrogen-bond donors (Lipinski definition) is 1. The largest absolute Gasteiger partial charge is 0.492 e. The van der Waals surface area contributed by atoms with Crippen molar-refractivity contribution in [2.75, 3.05) is 6.61 Å². The minimum atomic E-state index is 0.181. The molecule has 82 valence electrons. The summed E-state index contributed by atoms with van der Waals surface area (Å²) in [6, 6.07) is 5.87. The van der Waals surface area contributed by atoms with E-state index < -0.39 is 0 Å². The van der Waals surface area contributed by atoms with Crippen molar-refractivity contribution in [1.29, 1.82) is 0 Å². The van der Waals surface area contributed by atoms with Crippen molar-refractivity contribution in [1.82, 2.24) is 0 Å². The summed E-state index contributed by atoms with van der Waals surface area (Å²) in [6.07, 6.45) is 2.51. The summed E-state index contributed by atoms with van der Waals surface area (Å²) >= 11 is 5.92. The Morgan fingerprint density at radius 2 is 2.27 bits per heavy atom. The molecule has 0 bridgehead atoms. The first kappa shape index (κ1) is 10.8. The third-order valence-corrected chi connectivity index (χ3v) is 3.22. The molecule has 0 aliphatic heterocycles. The van der Waals surface area contributed by atoms with E-state index in [1.165, 1.54) is 12.8 Å². The van der Waals surface area contributed by atoms with Crippen LogP contribution in [0.1, 0.15) is 18.4 Å². The van der Waals surface area contributed by atoms with E-state index in [0.717, 1.165) is 16.3 Å². The van der Waals surface area contributed by atoms with Crippen LogP contribution in [0.15, 0.2) is 18.2 Å². The number of aryl methyl sites for hydroxylation is 1. The minimum Gasteiger partial charge on any atom is -0.492 e. The van der Waals surface area contributed by atoms with Gasteiger partial charge in [0.05, 0.1) is 0 Å². The molecule has 0 spiro atoms. The van der Waals surface area contributed by atoms with Crippen LogP contribution in [0.3, 0.4) is 0 Å². The molecular formula is C12H16ClNO. The summed E-state index contributed by atoms with van der Waals surface area (Å²) in [5.74, 6) is 1.53. The quantitative estimate of drug-likeness (QED) is 0.855. The van der Waals surface area contributed by atoms with Crippen molar-refractivity contribution in [3.05, 3.63) is 28.8 Å². The second-order valence-corrected chi connectivity index (χ2v) is 4.63. The molecule has 1 fully saturated rings. The van der Waals surface area contributed by atoms with Gasteiger partial charge in [-0.2, -0.15) is 0 Å². The zero-order valence-electron chi connectivity index (χ0n) is 8.87. The predicted molar refractivity (Wildman–Crippen MR) is 62.4 cm³/mol. The van der Waals surface area contributed by atoms with Crippen LogP contribution in [0.2, 0.25) is 5.02 Å². The average Bonchev–Trinajstić information content (AvgIpc) is 3.03. The van der Waals surface area contributed by atoms with Gasteiger partial charge in [0.1, 0.15) is 12.4 Å². The smallest absolute Gasteiger partial charge is 0.119 e. The van der Waals surface area contributed by atoms with Crippen molar-refractivity contribution in [3.63, 3.8) is 0 Å². The zero-order chi connectivity index (χ0) is 10.8. The van der Waals surface area contributed by atoms with Crippen molar-refractivity contribution < 1.29 is 4.74 Å². The fourth-order valence-corrected chi connectivity index (χ4v) is 1.68. The number of hydrogen-bond acceptors (Lipinski definition) is 2. The normalized spacial score (nSPS) is 17.5. The number of nitrogens with two attached hydrogens (primary N) is 1. The van der Waals surface area contributed by atoms with Gasteiger partial charge in [-0.25, -0.2) is 0 Å². The van der Waals surface area contributed by atoms with Gasteiger partial charge in [-0.15, -0.1) is 0 Å². The molecule has 0 amide bonds. The van der Waals surface area contributed by atoms with Gasteiger partial charge in [0.2, 0.25) is 0 Å². The maximum atomic E-state index is 5.94. The van der Waals surface area contributed by atoms with Crippen LogP contribution in [0, 0.1) is 12.8 Å². The Morgan fingerprint density at radius 1 is 1.53 bits per heavy atom. The summed E-state index contributed by atoms with van der Waals surface area (Å²) in [6.45, 7) is 2.57. The van der Waals surface area contributed by atoms with E-state index in [4.69, 9.17) is 22.1 Å². The lowest BCUT2D eigenvalue weighted by Crippen LogP contribution is -2.29. The molecule has 0 aromatic heterocycles. The highest BCUT2D eigenvalue weighted by atomic mass is 35.5. The Kier molecular flexibility index (Phi) is 3.17. The molecule has 0 radical (unpaired) electrons. The second kappa shape index (κ2) is 4.42. The molecule has 1 aromatic rings. The number of halogens is 1. The van der Waals surface area contributed by atoms with E-state index in [1.807, 2.05) is 25.1 Å². The molecule has 0 unspecified atom stereocenters. The van der Waals surface area contributed by atoms with Crippen LogP contribution in [-0.4, -0.2) is 12.6 Å². The van der Waals surface area contributed by atoms with Crippen LogP contribution >= 0.6 is 11.6 Å². The lowest BCUT2D eigenvalue weighted by atomic mass is 10.2. The van der Waals surface area contributed by atoms with E-state index in [2.05, 4.69) is 0 Å². The van der Waals surface area contributed by atoms with E-state index >= 15 is 0 Å². The van der Waals surface area contributed by atoms with Crippen LogP contribution < -0.4 is 10.5 Å². The molecule has 2 nitrogen and oxygen atoms in total. The highest BCUT2D eigenvalue weighted by Gasteiger charge is 2.28. The zero-order valence-corrected chi connectivity index (χ0v) is 9.63. The summed E-state index contributed by atoms with van der Waals surface area (Å²) < 4.78 is 5.62. The Bertz CT molecular complexity index is 349. The highest BCUT2D eigenvalue weighted by Crippen LogP contribution is 2.31. The van der Waals surface area contributed by atoms with Gasteiger partial charge >= 0.3 is 0 Å². The first-order valence-electron chi connectivity index (χ1n) is 5.31. The van der Waals surface area contributed by atoms with Gasteiger partial charge < -0.3 is 10.5 Å². The van der Waals surface area contributed by atoms with Crippen LogP contribution in [0.4, 0.5) is 0 Å². The van der Waals surface area contributed by atoms with E-state index in [0.29, 0.717) is 12.5 Å². The summed E-state index contributed by atoms with van der Waals surface area (Å²) in [4.78, 5) is 0. The molecule has 0 heterocycles. The van der Waals surface area contributed by atoms with Crippen LogP contribution in [-0.2, 0) is 0 Å². The maximum Gasteiger partial charge on any atom is 0.119 e. The second-order valence-electron chi connectivity index (χ2n) is 4.22.